The molecule has 4 heteroatoms. The van der Waals surface area contributed by atoms with Crippen LogP contribution in [0.2, 0.25) is 0 Å². The summed E-state index contributed by atoms with van der Waals surface area (Å²) in [6.45, 7) is 0.584. The van der Waals surface area contributed by atoms with Crippen molar-refractivity contribution in [1.82, 2.24) is 5.32 Å². The summed E-state index contributed by atoms with van der Waals surface area (Å²) in [4.78, 5) is 10.6. The van der Waals surface area contributed by atoms with Gasteiger partial charge >= 0.3 is 5.97 Å². The third kappa shape index (κ3) is 2.19. The maximum atomic E-state index is 10.6. The monoisotopic (exact) mass is 181 g/mol. The Morgan fingerprint density at radius 1 is 1.54 bits per heavy atom. The highest BCUT2D eigenvalue weighted by Crippen LogP contribution is 2.18. The van der Waals surface area contributed by atoms with E-state index < -0.39 is 5.97 Å². The van der Waals surface area contributed by atoms with E-state index in [1.54, 1.807) is 13.1 Å². The Labute approximate surface area is 75.8 Å². The van der Waals surface area contributed by atoms with Gasteiger partial charge in [-0.15, -0.1) is 0 Å². The zero-order valence-corrected chi connectivity index (χ0v) is 7.24. The Bertz CT molecular complexity index is 323. The van der Waals surface area contributed by atoms with Crippen LogP contribution >= 0.6 is 0 Å². The van der Waals surface area contributed by atoms with Gasteiger partial charge in [-0.05, 0) is 24.7 Å². The maximum Gasteiger partial charge on any atom is 0.339 e. The number of carbonyl (C=O) groups is 1. The molecule has 3 N–H and O–H groups in total. The molecule has 0 amide bonds. The normalized spacial score (nSPS) is 9.92. The van der Waals surface area contributed by atoms with Crippen LogP contribution in [0.25, 0.3) is 0 Å². The number of aromatic hydroxyl groups is 1. The van der Waals surface area contributed by atoms with Crippen LogP contribution in [0.5, 0.6) is 5.75 Å². The van der Waals surface area contributed by atoms with Gasteiger partial charge in [0.05, 0.1) is 0 Å². The van der Waals surface area contributed by atoms with Crippen LogP contribution in [0, 0.1) is 0 Å². The summed E-state index contributed by atoms with van der Waals surface area (Å²) in [6, 6.07) is 4.52. The van der Waals surface area contributed by atoms with Crippen LogP contribution in [0.15, 0.2) is 18.2 Å². The summed E-state index contributed by atoms with van der Waals surface area (Å²) in [5.41, 5.74) is 0.769. The first-order chi connectivity index (χ1) is 6.15. The van der Waals surface area contributed by atoms with E-state index in [4.69, 9.17) is 5.11 Å². The van der Waals surface area contributed by atoms with E-state index in [-0.39, 0.29) is 11.3 Å². The van der Waals surface area contributed by atoms with Crippen LogP contribution in [-0.4, -0.2) is 23.2 Å². The number of benzene rings is 1. The molecule has 0 aromatic heterocycles. The number of carboxylic acid groups (broad SMARTS) is 1. The molecule has 0 saturated carbocycles. The van der Waals surface area contributed by atoms with Gasteiger partial charge in [0.25, 0.3) is 0 Å². The molecule has 4 nitrogen and oxygen atoms in total. The molecule has 0 aliphatic rings. The number of carboxylic acids is 1. The molecule has 0 aliphatic carbocycles. The fourth-order valence-electron chi connectivity index (χ4n) is 1.07. The molecule has 0 saturated heterocycles. The van der Waals surface area contributed by atoms with E-state index in [9.17, 15) is 9.90 Å². The summed E-state index contributed by atoms with van der Waals surface area (Å²) < 4.78 is 0. The minimum atomic E-state index is -1.12. The van der Waals surface area contributed by atoms with Gasteiger partial charge < -0.3 is 15.5 Å². The smallest absolute Gasteiger partial charge is 0.339 e. The molecule has 0 radical (unpaired) electrons. The number of rotatable bonds is 3. The number of aromatic carboxylic acids is 1. The van der Waals surface area contributed by atoms with E-state index in [0.29, 0.717) is 6.54 Å². The van der Waals surface area contributed by atoms with Crippen molar-refractivity contribution in [1.29, 1.82) is 0 Å². The van der Waals surface area contributed by atoms with E-state index in [1.165, 1.54) is 12.1 Å². The van der Waals surface area contributed by atoms with Crippen molar-refractivity contribution in [3.8, 4) is 5.75 Å². The molecular weight excluding hydrogens is 170 g/mol. The van der Waals surface area contributed by atoms with Crippen LogP contribution in [-0.2, 0) is 6.54 Å². The highest BCUT2D eigenvalue weighted by molar-refractivity contribution is 5.90. The van der Waals surface area contributed by atoms with Gasteiger partial charge in [-0.25, -0.2) is 4.79 Å². The van der Waals surface area contributed by atoms with Gasteiger partial charge in [-0.1, -0.05) is 6.07 Å². The minimum absolute atomic E-state index is 0.0623. The quantitative estimate of drug-likeness (QED) is 0.645. The van der Waals surface area contributed by atoms with Gasteiger partial charge in [-0.3, -0.25) is 0 Å². The second-order valence-corrected chi connectivity index (χ2v) is 2.69. The molecule has 0 fully saturated rings. The zero-order valence-electron chi connectivity index (χ0n) is 7.24. The summed E-state index contributed by atoms with van der Waals surface area (Å²) >= 11 is 0. The molecule has 0 heterocycles. The van der Waals surface area contributed by atoms with Crippen LogP contribution in [0.4, 0.5) is 0 Å². The average molecular weight is 181 g/mol. The fraction of sp³-hybridized carbons (Fsp3) is 0.222. The highest BCUT2D eigenvalue weighted by Gasteiger charge is 2.09. The van der Waals surface area contributed by atoms with E-state index in [0.717, 1.165) is 5.56 Å². The number of hydrogen-bond donors (Lipinski definition) is 3. The first kappa shape index (κ1) is 9.54. The fourth-order valence-corrected chi connectivity index (χ4v) is 1.07. The average Bonchev–Trinajstić information content (AvgIpc) is 2.08. The molecule has 0 atom stereocenters. The Hall–Kier alpha value is -1.55. The predicted molar refractivity (Wildman–Crippen MR) is 47.8 cm³/mol. The Morgan fingerprint density at radius 3 is 2.77 bits per heavy atom. The molecule has 1 aromatic carbocycles. The molecule has 0 spiro atoms. The molecule has 1 aromatic rings. The third-order valence-electron chi connectivity index (χ3n) is 1.67. The highest BCUT2D eigenvalue weighted by atomic mass is 16.4. The van der Waals surface area contributed by atoms with Crippen molar-refractivity contribution >= 4 is 5.97 Å². The lowest BCUT2D eigenvalue weighted by Gasteiger charge is -2.03. The largest absolute Gasteiger partial charge is 0.507 e. The zero-order chi connectivity index (χ0) is 9.84. The van der Waals surface area contributed by atoms with E-state index in [1.807, 2.05) is 0 Å². The molecule has 0 aliphatic heterocycles. The van der Waals surface area contributed by atoms with Crippen molar-refractivity contribution in [2.75, 3.05) is 7.05 Å². The Balaban J connectivity index is 3.04. The lowest BCUT2D eigenvalue weighted by molar-refractivity contribution is 0.0693. The van der Waals surface area contributed by atoms with Crippen molar-refractivity contribution in [3.63, 3.8) is 0 Å². The number of nitrogens with one attached hydrogen (secondary N) is 1. The maximum absolute atomic E-state index is 10.6. The lowest BCUT2D eigenvalue weighted by Crippen LogP contribution is -2.06. The van der Waals surface area contributed by atoms with Crippen LogP contribution < -0.4 is 5.32 Å². The Morgan fingerprint density at radius 2 is 2.23 bits per heavy atom. The van der Waals surface area contributed by atoms with E-state index >= 15 is 0 Å². The predicted octanol–water partition coefficient (Wildman–Crippen LogP) is 0.810. The van der Waals surface area contributed by atoms with Gasteiger partial charge in [-0.2, -0.15) is 0 Å². The molecular formula is C9H11NO3. The van der Waals surface area contributed by atoms with Crippen molar-refractivity contribution in [2.24, 2.45) is 0 Å². The summed E-state index contributed by atoms with van der Waals surface area (Å²) in [5.74, 6) is -1.32. The Kier molecular flexibility index (Phi) is 2.87. The first-order valence-electron chi connectivity index (χ1n) is 3.85. The van der Waals surface area contributed by atoms with Crippen LogP contribution in [0.1, 0.15) is 15.9 Å². The van der Waals surface area contributed by atoms with Gasteiger partial charge in [0.2, 0.25) is 0 Å². The summed E-state index contributed by atoms with van der Waals surface area (Å²) in [7, 11) is 1.77. The van der Waals surface area contributed by atoms with Gasteiger partial charge in [0.15, 0.2) is 0 Å². The van der Waals surface area contributed by atoms with Crippen LogP contribution in [0.3, 0.4) is 0 Å². The minimum Gasteiger partial charge on any atom is -0.507 e. The van der Waals surface area contributed by atoms with Crippen molar-refractivity contribution in [3.05, 3.63) is 29.3 Å². The van der Waals surface area contributed by atoms with Gasteiger partial charge in [0, 0.05) is 6.54 Å². The molecule has 70 valence electrons. The SMILES string of the molecule is CNCc1ccc(O)c(C(=O)O)c1. The summed E-state index contributed by atoms with van der Waals surface area (Å²) in [6.07, 6.45) is 0. The topological polar surface area (TPSA) is 69.6 Å². The second-order valence-electron chi connectivity index (χ2n) is 2.69. The van der Waals surface area contributed by atoms with Gasteiger partial charge in [0.1, 0.15) is 11.3 Å². The van der Waals surface area contributed by atoms with Crippen molar-refractivity contribution < 1.29 is 15.0 Å². The number of phenols is 1. The second kappa shape index (κ2) is 3.91. The molecule has 13 heavy (non-hydrogen) atoms. The standard InChI is InChI=1S/C9H11NO3/c1-10-5-6-2-3-8(11)7(4-6)9(12)13/h2-4,10-11H,5H2,1H3,(H,12,13). The molecule has 1 rings (SSSR count). The summed E-state index contributed by atoms with van der Waals surface area (Å²) in [5, 5.41) is 20.7. The molecule has 0 bridgehead atoms. The lowest BCUT2D eigenvalue weighted by atomic mass is 10.1. The van der Waals surface area contributed by atoms with E-state index in [2.05, 4.69) is 5.32 Å². The third-order valence-corrected chi connectivity index (χ3v) is 1.67. The van der Waals surface area contributed by atoms with Crippen molar-refractivity contribution in [2.45, 2.75) is 6.54 Å². The number of hydrogen-bond acceptors (Lipinski definition) is 3. The first-order valence-corrected chi connectivity index (χ1v) is 3.85. The molecule has 0 unspecified atom stereocenters.